The van der Waals surface area contributed by atoms with Gasteiger partial charge in [-0.25, -0.2) is 0 Å². The summed E-state index contributed by atoms with van der Waals surface area (Å²) in [7, 11) is -4.09. The number of hydrogen-bond donors (Lipinski definition) is 1. The molecule has 0 saturated heterocycles. The molecule has 0 amide bonds. The Labute approximate surface area is 156 Å². The van der Waals surface area contributed by atoms with E-state index in [4.69, 9.17) is 4.55 Å². The number of rotatable bonds is 2. The Morgan fingerprint density at radius 1 is 1.16 bits per heavy atom. The van der Waals surface area contributed by atoms with Gasteiger partial charge in [-0.2, -0.15) is 8.42 Å². The van der Waals surface area contributed by atoms with E-state index in [9.17, 15) is 8.42 Å². The van der Waals surface area contributed by atoms with Crippen molar-refractivity contribution in [2.24, 2.45) is 5.41 Å². The lowest BCUT2D eigenvalue weighted by molar-refractivity contribution is 0.210. The number of allylic oxidation sites excluding steroid dienone is 5. The number of benzene rings is 1. The quantitative estimate of drug-likeness (QED) is 0.728. The normalized spacial score (nSPS) is 18.5. The fraction of sp³-hybridized carbons (Fsp3) is 0.368. The SMILES string of the molecule is CC1(C)CC=CC=C1c1ccccc1.Cl.O=S(=O)(O)C1=CCCCO1. The van der Waals surface area contributed by atoms with Crippen molar-refractivity contribution in [2.75, 3.05) is 6.61 Å². The smallest absolute Gasteiger partial charge is 0.327 e. The highest BCUT2D eigenvalue weighted by atomic mass is 35.5. The Kier molecular flexibility index (Phi) is 7.93. The molecule has 1 aromatic carbocycles. The van der Waals surface area contributed by atoms with Gasteiger partial charge in [-0.15, -0.1) is 12.4 Å². The predicted molar refractivity (Wildman–Crippen MR) is 104 cm³/mol. The van der Waals surface area contributed by atoms with Gasteiger partial charge in [0.25, 0.3) is 0 Å². The Balaban J connectivity index is 0.000000254. The molecule has 0 atom stereocenters. The van der Waals surface area contributed by atoms with E-state index < -0.39 is 10.1 Å². The van der Waals surface area contributed by atoms with Gasteiger partial charge in [0.2, 0.25) is 5.09 Å². The van der Waals surface area contributed by atoms with E-state index in [1.165, 1.54) is 17.2 Å². The molecule has 25 heavy (non-hydrogen) atoms. The highest BCUT2D eigenvalue weighted by Gasteiger charge is 2.24. The van der Waals surface area contributed by atoms with Gasteiger partial charge in [-0.3, -0.25) is 4.55 Å². The van der Waals surface area contributed by atoms with Crippen LogP contribution in [-0.2, 0) is 14.9 Å². The summed E-state index contributed by atoms with van der Waals surface area (Å²) in [5, 5.41) is -0.307. The van der Waals surface area contributed by atoms with Crippen LogP contribution < -0.4 is 0 Å². The monoisotopic (exact) mass is 384 g/mol. The van der Waals surface area contributed by atoms with Crippen molar-refractivity contribution < 1.29 is 17.7 Å². The summed E-state index contributed by atoms with van der Waals surface area (Å²) in [6.45, 7) is 4.97. The maximum atomic E-state index is 10.3. The maximum Gasteiger partial charge on any atom is 0.327 e. The molecule has 1 aliphatic carbocycles. The van der Waals surface area contributed by atoms with Gasteiger partial charge in [0.05, 0.1) is 6.61 Å². The van der Waals surface area contributed by atoms with Crippen molar-refractivity contribution in [2.45, 2.75) is 33.1 Å². The van der Waals surface area contributed by atoms with Crippen LogP contribution >= 0.6 is 12.4 Å². The molecule has 0 aromatic heterocycles. The Bertz CT molecular complexity index is 747. The summed E-state index contributed by atoms with van der Waals surface area (Å²) in [6.07, 6.45) is 10.6. The first-order valence-electron chi connectivity index (χ1n) is 8.04. The molecule has 0 saturated carbocycles. The summed E-state index contributed by atoms with van der Waals surface area (Å²) < 4.78 is 33.8. The van der Waals surface area contributed by atoms with Crippen LogP contribution in [0.5, 0.6) is 0 Å². The van der Waals surface area contributed by atoms with Crippen molar-refractivity contribution >= 4 is 28.1 Å². The molecule has 4 nitrogen and oxygen atoms in total. The van der Waals surface area contributed by atoms with E-state index in [2.05, 4.69) is 67.1 Å². The van der Waals surface area contributed by atoms with Crippen molar-refractivity contribution in [1.82, 2.24) is 0 Å². The number of halogens is 1. The van der Waals surface area contributed by atoms with Crippen molar-refractivity contribution in [3.8, 4) is 0 Å². The average Bonchev–Trinajstić information content (AvgIpc) is 2.56. The molecule has 0 unspecified atom stereocenters. The Morgan fingerprint density at radius 2 is 1.84 bits per heavy atom. The van der Waals surface area contributed by atoms with E-state index in [1.54, 1.807) is 0 Å². The molecule has 2 aliphatic rings. The molecule has 0 radical (unpaired) electrons. The Morgan fingerprint density at radius 3 is 2.32 bits per heavy atom. The first-order valence-corrected chi connectivity index (χ1v) is 9.48. The van der Waals surface area contributed by atoms with Crippen LogP contribution in [0.15, 0.2) is 59.7 Å². The minimum absolute atomic E-state index is 0. The van der Waals surface area contributed by atoms with E-state index in [0.717, 1.165) is 12.8 Å². The number of ether oxygens (including phenoxy) is 1. The minimum atomic E-state index is -4.09. The summed E-state index contributed by atoms with van der Waals surface area (Å²) in [5.74, 6) is 0. The molecule has 0 spiro atoms. The van der Waals surface area contributed by atoms with Crippen LogP contribution in [0, 0.1) is 5.41 Å². The maximum absolute atomic E-state index is 10.3. The molecule has 1 aliphatic heterocycles. The minimum Gasteiger partial charge on any atom is -0.482 e. The van der Waals surface area contributed by atoms with E-state index >= 15 is 0 Å². The van der Waals surface area contributed by atoms with Crippen LogP contribution in [-0.4, -0.2) is 19.6 Å². The van der Waals surface area contributed by atoms with Gasteiger partial charge in [0, 0.05) is 0 Å². The molecular formula is C19H25ClO4S. The van der Waals surface area contributed by atoms with Crippen molar-refractivity contribution in [3.05, 3.63) is 65.3 Å². The molecule has 1 N–H and O–H groups in total. The summed E-state index contributed by atoms with van der Waals surface area (Å²) in [6, 6.07) is 10.6. The third-order valence-electron chi connectivity index (χ3n) is 4.00. The zero-order valence-corrected chi connectivity index (χ0v) is 16.1. The zero-order chi connectivity index (χ0) is 17.6. The lowest BCUT2D eigenvalue weighted by Gasteiger charge is -2.29. The summed E-state index contributed by atoms with van der Waals surface area (Å²) >= 11 is 0. The van der Waals surface area contributed by atoms with Crippen molar-refractivity contribution in [3.63, 3.8) is 0 Å². The predicted octanol–water partition coefficient (Wildman–Crippen LogP) is 5.00. The van der Waals surface area contributed by atoms with Crippen LogP contribution in [0.1, 0.15) is 38.7 Å². The average molecular weight is 385 g/mol. The second-order valence-electron chi connectivity index (χ2n) is 6.45. The van der Waals surface area contributed by atoms with E-state index in [-0.39, 0.29) is 22.9 Å². The van der Waals surface area contributed by atoms with Crippen LogP contribution in [0.2, 0.25) is 0 Å². The van der Waals surface area contributed by atoms with Gasteiger partial charge in [-0.1, -0.05) is 62.4 Å². The van der Waals surface area contributed by atoms with Crippen LogP contribution in [0.3, 0.4) is 0 Å². The van der Waals surface area contributed by atoms with Gasteiger partial charge in [0.1, 0.15) is 0 Å². The lowest BCUT2D eigenvalue weighted by Crippen LogP contribution is -2.14. The molecule has 138 valence electrons. The lowest BCUT2D eigenvalue weighted by atomic mass is 9.75. The highest BCUT2D eigenvalue weighted by Crippen LogP contribution is 2.39. The molecule has 6 heteroatoms. The largest absolute Gasteiger partial charge is 0.482 e. The summed E-state index contributed by atoms with van der Waals surface area (Å²) in [5.41, 5.74) is 3.07. The highest BCUT2D eigenvalue weighted by molar-refractivity contribution is 7.89. The fourth-order valence-corrected chi connectivity index (χ4v) is 3.24. The molecule has 3 rings (SSSR count). The molecule has 1 heterocycles. The topological polar surface area (TPSA) is 63.6 Å². The van der Waals surface area contributed by atoms with Gasteiger partial charge in [-0.05, 0) is 41.9 Å². The molecule has 1 aromatic rings. The van der Waals surface area contributed by atoms with Crippen LogP contribution in [0.25, 0.3) is 5.57 Å². The second-order valence-corrected chi connectivity index (χ2v) is 7.80. The first kappa shape index (κ1) is 21.5. The molecule has 0 bridgehead atoms. The van der Waals surface area contributed by atoms with Gasteiger partial charge >= 0.3 is 10.1 Å². The summed E-state index contributed by atoms with van der Waals surface area (Å²) in [4.78, 5) is 0. The van der Waals surface area contributed by atoms with E-state index in [1.807, 2.05) is 0 Å². The third-order valence-corrected chi connectivity index (χ3v) is 4.79. The molecule has 0 fully saturated rings. The third kappa shape index (κ3) is 6.34. The zero-order valence-electron chi connectivity index (χ0n) is 14.5. The van der Waals surface area contributed by atoms with Crippen molar-refractivity contribution in [1.29, 1.82) is 0 Å². The van der Waals surface area contributed by atoms with Crippen LogP contribution in [0.4, 0.5) is 0 Å². The number of hydrogen-bond acceptors (Lipinski definition) is 3. The van der Waals surface area contributed by atoms with Gasteiger partial charge < -0.3 is 4.74 Å². The second kappa shape index (κ2) is 9.22. The fourth-order valence-electron chi connectivity index (χ4n) is 2.68. The Hall–Kier alpha value is -1.56. The van der Waals surface area contributed by atoms with Gasteiger partial charge in [0.15, 0.2) is 0 Å². The van der Waals surface area contributed by atoms with E-state index in [0.29, 0.717) is 13.0 Å². The first-order chi connectivity index (χ1) is 11.3. The standard InChI is InChI=1S/C14H16.C5H8O4S.ClH/c1-14(2)11-7-6-10-13(14)12-8-4-3-5-9-12;6-10(7,8)5-3-1-2-4-9-5;/h3-10H,11H2,1-2H3;3H,1-2,4H2,(H,6,7,8);1H. The molecular weight excluding hydrogens is 360 g/mol.